The lowest BCUT2D eigenvalue weighted by atomic mass is 9.87. The molecule has 4 heteroatoms. The predicted octanol–water partition coefficient (Wildman–Crippen LogP) is 2.28. The number of aromatic hydroxyl groups is 1. The van der Waals surface area contributed by atoms with E-state index in [9.17, 15) is 5.11 Å². The summed E-state index contributed by atoms with van der Waals surface area (Å²) in [6.45, 7) is 0.748. The van der Waals surface area contributed by atoms with Crippen molar-refractivity contribution < 1.29 is 5.11 Å². The van der Waals surface area contributed by atoms with E-state index in [0.717, 1.165) is 31.6 Å². The Morgan fingerprint density at radius 1 is 1.44 bits per heavy atom. The highest BCUT2D eigenvalue weighted by Crippen LogP contribution is 2.31. The first-order chi connectivity index (χ1) is 8.83. The first-order valence-corrected chi connectivity index (χ1v) is 6.36. The van der Waals surface area contributed by atoms with Crippen LogP contribution in [0.25, 0.3) is 0 Å². The molecule has 0 fully saturated rings. The van der Waals surface area contributed by atoms with Crippen molar-refractivity contribution in [3.05, 3.63) is 47.5 Å². The molecule has 18 heavy (non-hydrogen) atoms. The molecule has 2 aromatic rings. The first-order valence-electron chi connectivity index (χ1n) is 6.36. The van der Waals surface area contributed by atoms with Gasteiger partial charge in [-0.3, -0.25) is 0 Å². The Hall–Kier alpha value is -1.81. The van der Waals surface area contributed by atoms with Crippen molar-refractivity contribution in [3.8, 4) is 5.75 Å². The number of aromatic nitrogens is 2. The van der Waals surface area contributed by atoms with Crippen molar-refractivity contribution in [1.82, 2.24) is 15.3 Å². The molecule has 0 bridgehead atoms. The van der Waals surface area contributed by atoms with Crippen LogP contribution in [0.3, 0.4) is 0 Å². The highest BCUT2D eigenvalue weighted by molar-refractivity contribution is 5.38. The Labute approximate surface area is 106 Å². The highest BCUT2D eigenvalue weighted by atomic mass is 16.3. The molecule has 1 atom stereocenters. The number of hydrogen-bond acceptors (Lipinski definition) is 3. The molecular weight excluding hydrogens is 226 g/mol. The zero-order chi connectivity index (χ0) is 12.4. The van der Waals surface area contributed by atoms with Gasteiger partial charge in [0.25, 0.3) is 0 Å². The quantitative estimate of drug-likeness (QED) is 0.775. The summed E-state index contributed by atoms with van der Waals surface area (Å²) in [5.41, 5.74) is 2.57. The van der Waals surface area contributed by atoms with Crippen LogP contribution >= 0.6 is 0 Å². The van der Waals surface area contributed by atoms with E-state index in [0.29, 0.717) is 11.8 Å². The van der Waals surface area contributed by atoms with Crippen LogP contribution in [0.15, 0.2) is 30.6 Å². The molecule has 1 aliphatic carbocycles. The molecule has 0 spiro atoms. The number of nitrogens with zero attached hydrogens (tertiary/aromatic N) is 1. The minimum atomic E-state index is 0.361. The Balaban J connectivity index is 1.75. The van der Waals surface area contributed by atoms with E-state index >= 15 is 0 Å². The zero-order valence-corrected chi connectivity index (χ0v) is 10.2. The Bertz CT molecular complexity index is 522. The molecular formula is C14H17N3O. The number of aromatic amines is 1. The normalized spacial score (nSPS) is 18.6. The molecule has 0 radical (unpaired) electrons. The van der Waals surface area contributed by atoms with Crippen molar-refractivity contribution in [2.24, 2.45) is 0 Å². The molecule has 0 aliphatic heterocycles. The van der Waals surface area contributed by atoms with Gasteiger partial charge >= 0.3 is 0 Å². The summed E-state index contributed by atoms with van der Waals surface area (Å²) in [5, 5.41) is 13.0. The molecule has 1 unspecified atom stereocenters. The fourth-order valence-corrected chi connectivity index (χ4v) is 2.63. The van der Waals surface area contributed by atoms with E-state index in [1.165, 1.54) is 11.1 Å². The van der Waals surface area contributed by atoms with Gasteiger partial charge in [0.1, 0.15) is 11.6 Å². The molecule has 0 amide bonds. The number of nitrogens with one attached hydrogen (secondary N) is 2. The lowest BCUT2D eigenvalue weighted by Gasteiger charge is -2.26. The Morgan fingerprint density at radius 3 is 3.22 bits per heavy atom. The van der Waals surface area contributed by atoms with Crippen LogP contribution in [-0.2, 0) is 13.0 Å². The second-order valence-corrected chi connectivity index (χ2v) is 4.74. The van der Waals surface area contributed by atoms with Gasteiger partial charge in [-0.1, -0.05) is 6.07 Å². The van der Waals surface area contributed by atoms with Crippen LogP contribution in [0.5, 0.6) is 5.75 Å². The average Bonchev–Trinajstić information content (AvgIpc) is 2.89. The second kappa shape index (κ2) is 4.82. The third-order valence-electron chi connectivity index (χ3n) is 3.51. The van der Waals surface area contributed by atoms with E-state index in [-0.39, 0.29) is 0 Å². The number of H-pyrrole nitrogens is 1. The SMILES string of the molecule is Oc1ccc2c(c1)CCCC2NCc1ncc[nH]1. The van der Waals surface area contributed by atoms with Crippen molar-refractivity contribution in [2.45, 2.75) is 31.8 Å². The number of aryl methyl sites for hydroxylation is 1. The van der Waals surface area contributed by atoms with Crippen LogP contribution in [0.4, 0.5) is 0 Å². The van der Waals surface area contributed by atoms with Crippen LogP contribution in [0, 0.1) is 0 Å². The highest BCUT2D eigenvalue weighted by Gasteiger charge is 2.20. The number of phenolic OH excluding ortho intramolecular Hbond substituents is 1. The summed E-state index contributed by atoms with van der Waals surface area (Å²) < 4.78 is 0. The monoisotopic (exact) mass is 243 g/mol. The van der Waals surface area contributed by atoms with Crippen molar-refractivity contribution >= 4 is 0 Å². The fourth-order valence-electron chi connectivity index (χ4n) is 2.63. The molecule has 0 saturated heterocycles. The summed E-state index contributed by atoms with van der Waals surface area (Å²) in [7, 11) is 0. The molecule has 3 N–H and O–H groups in total. The molecule has 1 aromatic heterocycles. The third-order valence-corrected chi connectivity index (χ3v) is 3.51. The van der Waals surface area contributed by atoms with Gasteiger partial charge in [-0.25, -0.2) is 4.98 Å². The number of hydrogen-bond donors (Lipinski definition) is 3. The van der Waals surface area contributed by atoms with E-state index in [4.69, 9.17) is 0 Å². The lowest BCUT2D eigenvalue weighted by molar-refractivity contribution is 0.446. The van der Waals surface area contributed by atoms with Crippen LogP contribution in [0.1, 0.15) is 35.8 Å². The number of rotatable bonds is 3. The zero-order valence-electron chi connectivity index (χ0n) is 10.2. The Morgan fingerprint density at radius 2 is 2.39 bits per heavy atom. The van der Waals surface area contributed by atoms with Gasteiger partial charge in [-0.05, 0) is 42.5 Å². The van der Waals surface area contributed by atoms with E-state index in [1.807, 2.05) is 18.3 Å². The fraction of sp³-hybridized carbons (Fsp3) is 0.357. The maximum absolute atomic E-state index is 9.52. The van der Waals surface area contributed by atoms with Crippen LogP contribution in [-0.4, -0.2) is 15.1 Å². The van der Waals surface area contributed by atoms with Gasteiger partial charge in [0.05, 0.1) is 6.54 Å². The molecule has 94 valence electrons. The van der Waals surface area contributed by atoms with Gasteiger partial charge in [-0.15, -0.1) is 0 Å². The summed E-state index contributed by atoms with van der Waals surface area (Å²) >= 11 is 0. The van der Waals surface area contributed by atoms with Gasteiger partial charge in [0, 0.05) is 18.4 Å². The smallest absolute Gasteiger partial charge is 0.120 e. The number of imidazole rings is 1. The first kappa shape index (κ1) is 11.3. The summed E-state index contributed by atoms with van der Waals surface area (Å²) in [6, 6.07) is 6.05. The second-order valence-electron chi connectivity index (χ2n) is 4.74. The van der Waals surface area contributed by atoms with Crippen molar-refractivity contribution in [2.75, 3.05) is 0 Å². The van der Waals surface area contributed by atoms with Gasteiger partial charge in [-0.2, -0.15) is 0 Å². The lowest BCUT2D eigenvalue weighted by Crippen LogP contribution is -2.25. The van der Waals surface area contributed by atoms with E-state index in [1.54, 1.807) is 12.3 Å². The van der Waals surface area contributed by atoms with Gasteiger partial charge in [0.15, 0.2) is 0 Å². The van der Waals surface area contributed by atoms with Crippen LogP contribution in [0.2, 0.25) is 0 Å². The largest absolute Gasteiger partial charge is 0.508 e. The van der Waals surface area contributed by atoms with Crippen LogP contribution < -0.4 is 5.32 Å². The number of phenols is 1. The maximum Gasteiger partial charge on any atom is 0.120 e. The van der Waals surface area contributed by atoms with Crippen molar-refractivity contribution in [1.29, 1.82) is 0 Å². The van der Waals surface area contributed by atoms with Crippen molar-refractivity contribution in [3.63, 3.8) is 0 Å². The van der Waals surface area contributed by atoms with E-state index < -0.39 is 0 Å². The Kier molecular flexibility index (Phi) is 3.02. The molecule has 1 aliphatic rings. The standard InChI is InChI=1S/C14H17N3O/c18-11-4-5-12-10(8-11)2-1-3-13(12)17-9-14-15-6-7-16-14/h4-8,13,17-18H,1-3,9H2,(H,15,16). The molecule has 0 saturated carbocycles. The summed E-state index contributed by atoms with van der Waals surface area (Å²) in [5.74, 6) is 1.32. The maximum atomic E-state index is 9.52. The number of benzene rings is 1. The molecule has 1 aromatic carbocycles. The predicted molar refractivity (Wildman–Crippen MR) is 69.2 cm³/mol. The van der Waals surface area contributed by atoms with E-state index in [2.05, 4.69) is 15.3 Å². The molecule has 1 heterocycles. The molecule has 3 rings (SSSR count). The third kappa shape index (κ3) is 2.24. The van der Waals surface area contributed by atoms with Gasteiger partial charge in [0.2, 0.25) is 0 Å². The average molecular weight is 243 g/mol. The minimum absolute atomic E-state index is 0.361. The topological polar surface area (TPSA) is 60.9 Å². The summed E-state index contributed by atoms with van der Waals surface area (Å²) in [6.07, 6.45) is 6.96. The molecule has 4 nitrogen and oxygen atoms in total. The minimum Gasteiger partial charge on any atom is -0.508 e. The number of fused-ring (bicyclic) bond motifs is 1. The van der Waals surface area contributed by atoms with Gasteiger partial charge < -0.3 is 15.4 Å². The summed E-state index contributed by atoms with van der Waals surface area (Å²) in [4.78, 5) is 7.31.